The first kappa shape index (κ1) is 13.1. The zero-order valence-electron chi connectivity index (χ0n) is 10.1. The van der Waals surface area contributed by atoms with Gasteiger partial charge in [-0.05, 0) is 37.9 Å². The minimum Gasteiger partial charge on any atom is -0.295 e. The molecule has 1 unspecified atom stereocenters. The number of halogens is 2. The second-order valence-corrected chi connectivity index (χ2v) is 5.39. The molecule has 0 bridgehead atoms. The van der Waals surface area contributed by atoms with Crippen LogP contribution in [0.2, 0.25) is 10.2 Å². The second-order valence-electron chi connectivity index (χ2n) is 4.59. The molecule has 1 fully saturated rings. The van der Waals surface area contributed by atoms with Crippen molar-refractivity contribution < 1.29 is 0 Å². The number of aromatic nitrogens is 1. The maximum Gasteiger partial charge on any atom is 0.129 e. The Hall–Kier alpha value is -0.310. The highest BCUT2D eigenvalue weighted by Crippen LogP contribution is 2.24. The molecule has 17 heavy (non-hydrogen) atoms. The first-order chi connectivity index (χ1) is 8.20. The summed E-state index contributed by atoms with van der Waals surface area (Å²) in [5, 5.41) is 1.24. The molecule has 1 aromatic heterocycles. The van der Waals surface area contributed by atoms with Gasteiger partial charge in [-0.3, -0.25) is 4.90 Å². The van der Waals surface area contributed by atoms with E-state index in [1.807, 2.05) is 6.07 Å². The number of rotatable bonds is 3. The van der Waals surface area contributed by atoms with Crippen LogP contribution < -0.4 is 0 Å². The highest BCUT2D eigenvalue weighted by Gasteiger charge is 2.21. The van der Waals surface area contributed by atoms with Crippen LogP contribution >= 0.6 is 23.2 Å². The first-order valence-electron chi connectivity index (χ1n) is 6.25. The van der Waals surface area contributed by atoms with E-state index in [4.69, 9.17) is 23.2 Å². The Balaban J connectivity index is 2.10. The Morgan fingerprint density at radius 3 is 2.94 bits per heavy atom. The van der Waals surface area contributed by atoms with Crippen LogP contribution in [-0.2, 0) is 6.54 Å². The smallest absolute Gasteiger partial charge is 0.129 e. The van der Waals surface area contributed by atoms with Crippen molar-refractivity contribution in [2.45, 2.75) is 45.2 Å². The molecule has 2 rings (SSSR count). The maximum absolute atomic E-state index is 6.16. The summed E-state index contributed by atoms with van der Waals surface area (Å²) in [4.78, 5) is 6.81. The van der Waals surface area contributed by atoms with E-state index in [0.717, 1.165) is 23.8 Å². The summed E-state index contributed by atoms with van der Waals surface area (Å²) < 4.78 is 0. The fourth-order valence-electron chi connectivity index (χ4n) is 2.49. The molecule has 94 valence electrons. The van der Waals surface area contributed by atoms with Gasteiger partial charge in [0, 0.05) is 12.6 Å². The molecule has 1 saturated heterocycles. The number of hydrogen-bond donors (Lipinski definition) is 0. The number of nitrogens with zero attached hydrogens (tertiary/aromatic N) is 2. The third-order valence-electron chi connectivity index (χ3n) is 3.46. The molecular formula is C13H18Cl2N2. The topological polar surface area (TPSA) is 16.1 Å². The van der Waals surface area contributed by atoms with Gasteiger partial charge in [0.25, 0.3) is 0 Å². The Kier molecular flexibility index (Phi) is 4.66. The lowest BCUT2D eigenvalue weighted by Gasteiger charge is -2.35. The lowest BCUT2D eigenvalue weighted by atomic mass is 10.00. The maximum atomic E-state index is 6.16. The van der Waals surface area contributed by atoms with E-state index < -0.39 is 0 Å². The highest BCUT2D eigenvalue weighted by molar-refractivity contribution is 6.32. The van der Waals surface area contributed by atoms with Gasteiger partial charge in [-0.25, -0.2) is 4.98 Å². The van der Waals surface area contributed by atoms with E-state index in [9.17, 15) is 0 Å². The molecule has 0 spiro atoms. The standard InChI is InChI=1S/C13H18Cl2N2/c1-2-10-5-3-4-8-17(10)9-12-11(14)6-7-13(15)16-12/h6-7,10H,2-5,8-9H2,1H3. The van der Waals surface area contributed by atoms with Crippen molar-refractivity contribution in [1.82, 2.24) is 9.88 Å². The zero-order valence-corrected chi connectivity index (χ0v) is 11.6. The van der Waals surface area contributed by atoms with Crippen LogP contribution in [0.15, 0.2) is 12.1 Å². The van der Waals surface area contributed by atoms with Crippen LogP contribution in [0.3, 0.4) is 0 Å². The number of hydrogen-bond acceptors (Lipinski definition) is 2. The predicted octanol–water partition coefficient (Wildman–Crippen LogP) is 4.15. The Bertz CT molecular complexity index is 382. The van der Waals surface area contributed by atoms with Crippen molar-refractivity contribution >= 4 is 23.2 Å². The zero-order chi connectivity index (χ0) is 12.3. The summed E-state index contributed by atoms with van der Waals surface area (Å²) in [6.45, 7) is 4.21. The highest BCUT2D eigenvalue weighted by atomic mass is 35.5. The van der Waals surface area contributed by atoms with Crippen molar-refractivity contribution in [2.24, 2.45) is 0 Å². The average Bonchev–Trinajstić information content (AvgIpc) is 2.34. The molecule has 1 aromatic rings. The summed E-state index contributed by atoms with van der Waals surface area (Å²) in [6, 6.07) is 4.23. The Labute approximate surface area is 113 Å². The molecule has 0 aromatic carbocycles. The number of piperidine rings is 1. The third kappa shape index (κ3) is 3.34. The second kappa shape index (κ2) is 6.03. The predicted molar refractivity (Wildman–Crippen MR) is 72.6 cm³/mol. The van der Waals surface area contributed by atoms with Crippen molar-refractivity contribution in [3.8, 4) is 0 Å². The molecule has 2 nitrogen and oxygen atoms in total. The van der Waals surface area contributed by atoms with Crippen LogP contribution in [0, 0.1) is 0 Å². The van der Waals surface area contributed by atoms with Crippen molar-refractivity contribution in [2.75, 3.05) is 6.54 Å². The monoisotopic (exact) mass is 272 g/mol. The van der Waals surface area contributed by atoms with E-state index in [1.165, 1.54) is 25.7 Å². The van der Waals surface area contributed by atoms with E-state index >= 15 is 0 Å². The quantitative estimate of drug-likeness (QED) is 0.769. The molecule has 0 aliphatic carbocycles. The SMILES string of the molecule is CCC1CCCCN1Cc1nc(Cl)ccc1Cl. The van der Waals surface area contributed by atoms with Gasteiger partial charge in [0.05, 0.1) is 10.7 Å². The van der Waals surface area contributed by atoms with Gasteiger partial charge in [-0.15, -0.1) is 0 Å². The summed E-state index contributed by atoms with van der Waals surface area (Å²) in [6.07, 6.45) is 5.09. The Morgan fingerprint density at radius 1 is 1.35 bits per heavy atom. The summed E-state index contributed by atoms with van der Waals surface area (Å²) in [5.74, 6) is 0. The molecule has 0 saturated carbocycles. The van der Waals surface area contributed by atoms with E-state index in [2.05, 4.69) is 16.8 Å². The van der Waals surface area contributed by atoms with E-state index in [0.29, 0.717) is 11.2 Å². The fourth-order valence-corrected chi connectivity index (χ4v) is 2.82. The molecule has 1 atom stereocenters. The van der Waals surface area contributed by atoms with Crippen LogP contribution in [0.25, 0.3) is 0 Å². The molecule has 0 radical (unpaired) electrons. The lowest BCUT2D eigenvalue weighted by molar-refractivity contribution is 0.134. The fraction of sp³-hybridized carbons (Fsp3) is 0.615. The lowest BCUT2D eigenvalue weighted by Crippen LogP contribution is -2.38. The van der Waals surface area contributed by atoms with Gasteiger partial charge in [-0.2, -0.15) is 0 Å². The Morgan fingerprint density at radius 2 is 2.18 bits per heavy atom. The number of likely N-dealkylation sites (tertiary alicyclic amines) is 1. The van der Waals surface area contributed by atoms with Crippen LogP contribution in [0.1, 0.15) is 38.3 Å². The average molecular weight is 273 g/mol. The van der Waals surface area contributed by atoms with Crippen molar-refractivity contribution in [3.63, 3.8) is 0 Å². The van der Waals surface area contributed by atoms with E-state index in [-0.39, 0.29) is 0 Å². The summed E-state index contributed by atoms with van der Waals surface area (Å²) in [5.41, 5.74) is 0.902. The minimum atomic E-state index is 0.523. The molecule has 0 amide bonds. The number of pyridine rings is 1. The van der Waals surface area contributed by atoms with Gasteiger partial charge < -0.3 is 0 Å². The van der Waals surface area contributed by atoms with Crippen LogP contribution in [0.4, 0.5) is 0 Å². The summed E-state index contributed by atoms with van der Waals surface area (Å²) >= 11 is 12.1. The normalized spacial score (nSPS) is 21.7. The minimum absolute atomic E-state index is 0.523. The molecule has 0 N–H and O–H groups in total. The largest absolute Gasteiger partial charge is 0.295 e. The van der Waals surface area contributed by atoms with Gasteiger partial charge in [-0.1, -0.05) is 36.5 Å². The van der Waals surface area contributed by atoms with Gasteiger partial charge in [0.15, 0.2) is 0 Å². The van der Waals surface area contributed by atoms with Gasteiger partial charge in [0.2, 0.25) is 0 Å². The van der Waals surface area contributed by atoms with Crippen LogP contribution in [0.5, 0.6) is 0 Å². The molecule has 1 aliphatic heterocycles. The van der Waals surface area contributed by atoms with Crippen LogP contribution in [-0.4, -0.2) is 22.5 Å². The van der Waals surface area contributed by atoms with Gasteiger partial charge in [0.1, 0.15) is 5.15 Å². The first-order valence-corrected chi connectivity index (χ1v) is 7.01. The van der Waals surface area contributed by atoms with E-state index in [1.54, 1.807) is 6.07 Å². The molecule has 2 heterocycles. The molecule has 1 aliphatic rings. The molecule has 4 heteroatoms. The third-order valence-corrected chi connectivity index (χ3v) is 4.01. The summed E-state index contributed by atoms with van der Waals surface area (Å²) in [7, 11) is 0. The molecular weight excluding hydrogens is 255 g/mol. The van der Waals surface area contributed by atoms with Crippen molar-refractivity contribution in [1.29, 1.82) is 0 Å². The van der Waals surface area contributed by atoms with Gasteiger partial charge >= 0.3 is 0 Å². The van der Waals surface area contributed by atoms with Crippen molar-refractivity contribution in [3.05, 3.63) is 28.0 Å².